The van der Waals surface area contributed by atoms with Crippen LogP contribution in [0.4, 0.5) is 0 Å². The summed E-state index contributed by atoms with van der Waals surface area (Å²) in [7, 11) is 0. The molecule has 3 heteroatoms. The number of carbonyl (C=O) groups is 1. The van der Waals surface area contributed by atoms with E-state index in [1.54, 1.807) is 0 Å². The van der Waals surface area contributed by atoms with Crippen molar-refractivity contribution in [3.63, 3.8) is 0 Å². The van der Waals surface area contributed by atoms with Gasteiger partial charge in [-0.25, -0.2) is 0 Å². The highest BCUT2D eigenvalue weighted by Gasteiger charge is 2.30. The second-order valence-corrected chi connectivity index (χ2v) is 5.50. The van der Waals surface area contributed by atoms with Crippen LogP contribution in [0.5, 0.6) is 5.75 Å². The molecule has 0 amide bonds. The Labute approximate surface area is 128 Å². The quantitative estimate of drug-likeness (QED) is 0.675. The number of para-hydroxylation sites is 2. The van der Waals surface area contributed by atoms with Crippen LogP contribution in [-0.2, 0) is 0 Å². The van der Waals surface area contributed by atoms with E-state index in [4.69, 9.17) is 4.74 Å². The van der Waals surface area contributed by atoms with Gasteiger partial charge in [-0.2, -0.15) is 0 Å². The van der Waals surface area contributed by atoms with Crippen LogP contribution in [-0.4, -0.2) is 10.4 Å². The second kappa shape index (κ2) is 4.88. The molecular formula is C19H15NO2. The lowest BCUT2D eigenvalue weighted by molar-refractivity contribution is 0.0796. The second-order valence-electron chi connectivity index (χ2n) is 5.50. The minimum atomic E-state index is -0.613. The van der Waals surface area contributed by atoms with Gasteiger partial charge in [0.1, 0.15) is 5.75 Å². The van der Waals surface area contributed by atoms with E-state index >= 15 is 0 Å². The molecule has 3 nitrogen and oxygen atoms in total. The molecule has 0 aliphatic carbocycles. The van der Waals surface area contributed by atoms with E-state index in [1.807, 2.05) is 78.4 Å². The summed E-state index contributed by atoms with van der Waals surface area (Å²) in [5, 5.41) is 0. The fraction of sp³-hybridized carbons (Fsp3) is 0.105. The topological polar surface area (TPSA) is 31.2 Å². The molecule has 0 fully saturated rings. The van der Waals surface area contributed by atoms with Gasteiger partial charge >= 0.3 is 0 Å². The van der Waals surface area contributed by atoms with Crippen molar-refractivity contribution in [3.05, 3.63) is 83.7 Å². The molecular weight excluding hydrogens is 274 g/mol. The molecule has 2 aromatic carbocycles. The van der Waals surface area contributed by atoms with Crippen LogP contribution < -0.4 is 4.74 Å². The molecule has 3 aromatic rings. The zero-order chi connectivity index (χ0) is 15.1. The molecule has 1 atom stereocenters. The Kier molecular flexibility index (Phi) is 2.86. The molecule has 22 heavy (non-hydrogen) atoms. The van der Waals surface area contributed by atoms with Crippen LogP contribution in [0.25, 0.3) is 5.69 Å². The van der Waals surface area contributed by atoms with E-state index in [-0.39, 0.29) is 5.78 Å². The molecule has 1 aromatic heterocycles. The summed E-state index contributed by atoms with van der Waals surface area (Å²) in [6.07, 6.45) is 1.28. The van der Waals surface area contributed by atoms with Gasteiger partial charge in [0, 0.05) is 11.8 Å². The lowest BCUT2D eigenvalue weighted by Crippen LogP contribution is -2.18. The SMILES string of the molecule is Cc1ccc(C2Oc3ccccc3-n3cccc3C2=O)cc1. The van der Waals surface area contributed by atoms with Gasteiger partial charge < -0.3 is 9.30 Å². The zero-order valence-electron chi connectivity index (χ0n) is 12.2. The number of fused-ring (bicyclic) bond motifs is 3. The molecule has 1 aliphatic heterocycles. The highest BCUT2D eigenvalue weighted by atomic mass is 16.5. The highest BCUT2D eigenvalue weighted by molar-refractivity contribution is 6.00. The van der Waals surface area contributed by atoms with Crippen molar-refractivity contribution in [3.8, 4) is 11.4 Å². The monoisotopic (exact) mass is 289 g/mol. The first kappa shape index (κ1) is 12.9. The Bertz CT molecular complexity index is 846. The minimum absolute atomic E-state index is 0.0231. The molecule has 4 rings (SSSR count). The summed E-state index contributed by atoms with van der Waals surface area (Å²) in [5.74, 6) is 0.696. The molecule has 0 saturated heterocycles. The van der Waals surface area contributed by atoms with Gasteiger partial charge in [0.15, 0.2) is 6.10 Å². The third-order valence-electron chi connectivity index (χ3n) is 3.99. The molecule has 0 spiro atoms. The molecule has 0 radical (unpaired) electrons. The molecule has 1 unspecified atom stereocenters. The lowest BCUT2D eigenvalue weighted by atomic mass is 10.0. The summed E-state index contributed by atoms with van der Waals surface area (Å²) in [6, 6.07) is 19.4. The maximum Gasteiger partial charge on any atom is 0.224 e. The number of rotatable bonds is 1. The standard InChI is InChI=1S/C19H15NO2/c1-13-8-10-14(11-9-13)19-18(21)16-6-4-12-20(16)15-5-2-3-7-17(15)22-19/h2-12,19H,1H3. The Morgan fingerprint density at radius 1 is 0.955 bits per heavy atom. The number of ether oxygens (including phenoxy) is 1. The van der Waals surface area contributed by atoms with Crippen molar-refractivity contribution in [2.45, 2.75) is 13.0 Å². The van der Waals surface area contributed by atoms with E-state index in [1.165, 1.54) is 0 Å². The summed E-state index contributed by atoms with van der Waals surface area (Å²) in [5.41, 5.74) is 3.58. The van der Waals surface area contributed by atoms with E-state index < -0.39 is 6.10 Å². The summed E-state index contributed by atoms with van der Waals surface area (Å²) in [4.78, 5) is 12.9. The molecule has 0 N–H and O–H groups in total. The van der Waals surface area contributed by atoms with Crippen LogP contribution >= 0.6 is 0 Å². The molecule has 2 heterocycles. The van der Waals surface area contributed by atoms with E-state index in [9.17, 15) is 4.79 Å². The molecule has 0 bridgehead atoms. The van der Waals surface area contributed by atoms with Crippen LogP contribution in [0.3, 0.4) is 0 Å². The highest BCUT2D eigenvalue weighted by Crippen LogP contribution is 2.35. The third kappa shape index (κ3) is 1.94. The van der Waals surface area contributed by atoms with Crippen molar-refractivity contribution in [1.82, 2.24) is 4.57 Å². The van der Waals surface area contributed by atoms with E-state index in [0.29, 0.717) is 5.69 Å². The van der Waals surface area contributed by atoms with Crippen molar-refractivity contribution >= 4 is 5.78 Å². The number of carbonyl (C=O) groups excluding carboxylic acids is 1. The largest absolute Gasteiger partial charge is 0.475 e. The number of aromatic nitrogens is 1. The number of benzene rings is 2. The predicted octanol–water partition coefficient (Wildman–Crippen LogP) is 4.10. The zero-order valence-corrected chi connectivity index (χ0v) is 12.2. The smallest absolute Gasteiger partial charge is 0.224 e. The van der Waals surface area contributed by atoms with Crippen LogP contribution in [0.2, 0.25) is 0 Å². The van der Waals surface area contributed by atoms with Gasteiger partial charge in [0.05, 0.1) is 11.4 Å². The number of ketones is 1. The molecule has 0 saturated carbocycles. The Morgan fingerprint density at radius 2 is 1.73 bits per heavy atom. The van der Waals surface area contributed by atoms with Crippen molar-refractivity contribution in [2.75, 3.05) is 0 Å². The Balaban J connectivity index is 1.90. The Hall–Kier alpha value is -2.81. The van der Waals surface area contributed by atoms with Gasteiger partial charge in [-0.3, -0.25) is 4.79 Å². The summed E-state index contributed by atoms with van der Waals surface area (Å²) in [6.45, 7) is 2.03. The average Bonchev–Trinajstić information content (AvgIpc) is 2.99. The first-order valence-electron chi connectivity index (χ1n) is 7.28. The lowest BCUT2D eigenvalue weighted by Gasteiger charge is -2.16. The fourth-order valence-corrected chi connectivity index (χ4v) is 2.82. The maximum absolute atomic E-state index is 12.9. The summed E-state index contributed by atoms with van der Waals surface area (Å²) < 4.78 is 7.96. The minimum Gasteiger partial charge on any atom is -0.475 e. The van der Waals surface area contributed by atoms with Gasteiger partial charge in [-0.15, -0.1) is 0 Å². The predicted molar refractivity (Wildman–Crippen MR) is 84.6 cm³/mol. The number of nitrogens with zero attached hydrogens (tertiary/aromatic N) is 1. The van der Waals surface area contributed by atoms with E-state index in [2.05, 4.69) is 0 Å². The van der Waals surface area contributed by atoms with Gasteiger partial charge in [0.25, 0.3) is 0 Å². The molecule has 108 valence electrons. The van der Waals surface area contributed by atoms with Crippen molar-refractivity contribution in [1.29, 1.82) is 0 Å². The number of hydrogen-bond donors (Lipinski definition) is 0. The van der Waals surface area contributed by atoms with Crippen molar-refractivity contribution in [2.24, 2.45) is 0 Å². The number of Topliss-reactive ketones (excluding diaryl/α,β-unsaturated/α-hetero) is 1. The van der Waals surface area contributed by atoms with Gasteiger partial charge in [0.2, 0.25) is 5.78 Å². The van der Waals surface area contributed by atoms with Crippen LogP contribution in [0, 0.1) is 6.92 Å². The first-order valence-corrected chi connectivity index (χ1v) is 7.28. The first-order chi connectivity index (χ1) is 10.7. The van der Waals surface area contributed by atoms with Crippen molar-refractivity contribution < 1.29 is 9.53 Å². The molecule has 1 aliphatic rings. The fourth-order valence-electron chi connectivity index (χ4n) is 2.82. The number of hydrogen-bond acceptors (Lipinski definition) is 2. The van der Waals surface area contributed by atoms with Crippen LogP contribution in [0.1, 0.15) is 27.7 Å². The number of aryl methyl sites for hydroxylation is 1. The van der Waals surface area contributed by atoms with Gasteiger partial charge in [-0.05, 0) is 31.2 Å². The normalized spacial score (nSPS) is 16.4. The maximum atomic E-state index is 12.9. The van der Waals surface area contributed by atoms with Crippen LogP contribution in [0.15, 0.2) is 66.9 Å². The van der Waals surface area contributed by atoms with E-state index in [0.717, 1.165) is 22.6 Å². The Morgan fingerprint density at radius 3 is 2.55 bits per heavy atom. The summed E-state index contributed by atoms with van der Waals surface area (Å²) >= 11 is 0. The van der Waals surface area contributed by atoms with Gasteiger partial charge in [-0.1, -0.05) is 42.0 Å². The third-order valence-corrected chi connectivity index (χ3v) is 3.99. The average molecular weight is 289 g/mol.